The average molecular weight is 462 g/mol. The van der Waals surface area contributed by atoms with E-state index in [2.05, 4.69) is 5.32 Å². The molecule has 0 saturated heterocycles. The van der Waals surface area contributed by atoms with Crippen LogP contribution in [0.1, 0.15) is 22.3 Å². The number of ketones is 1. The quantitative estimate of drug-likeness (QED) is 0.357. The minimum atomic E-state index is -1.73. The van der Waals surface area contributed by atoms with E-state index in [0.717, 1.165) is 0 Å². The molecule has 0 saturated carbocycles. The minimum absolute atomic E-state index is 0.303. The Morgan fingerprint density at radius 3 is 1.91 bits per heavy atom. The molecule has 0 aliphatic rings. The monoisotopic (exact) mass is 461 g/mol. The van der Waals surface area contributed by atoms with Crippen LogP contribution in [0.15, 0.2) is 84.9 Å². The number of esters is 2. The molecule has 3 aromatic carbocycles. The lowest BCUT2D eigenvalue weighted by atomic mass is 9.74. The van der Waals surface area contributed by atoms with E-state index >= 15 is 0 Å². The molecule has 0 spiro atoms. The van der Waals surface area contributed by atoms with Gasteiger partial charge in [-0.3, -0.25) is 9.59 Å². The summed E-state index contributed by atoms with van der Waals surface area (Å²) in [5.74, 6) is -2.42. The van der Waals surface area contributed by atoms with Crippen molar-refractivity contribution in [3.63, 3.8) is 0 Å². The van der Waals surface area contributed by atoms with Crippen LogP contribution in [-0.4, -0.2) is 39.1 Å². The first-order valence-corrected chi connectivity index (χ1v) is 10.7. The third-order valence-electron chi connectivity index (χ3n) is 5.66. The van der Waals surface area contributed by atoms with Gasteiger partial charge in [-0.25, -0.2) is 4.79 Å². The molecule has 0 heterocycles. The van der Waals surface area contributed by atoms with Crippen LogP contribution in [0.25, 0.3) is 0 Å². The number of carbonyl (C=O) groups excluding carboxylic acids is 3. The summed E-state index contributed by atoms with van der Waals surface area (Å²) in [4.78, 5) is 39.9. The number of para-hydroxylation sites is 1. The lowest BCUT2D eigenvalue weighted by Crippen LogP contribution is -2.54. The topological polar surface area (TPSA) is 90.9 Å². The van der Waals surface area contributed by atoms with Crippen molar-refractivity contribution in [3.05, 3.63) is 96.1 Å². The maximum Gasteiger partial charge on any atom is 0.337 e. The zero-order valence-electron chi connectivity index (χ0n) is 19.3. The van der Waals surface area contributed by atoms with Crippen LogP contribution in [0, 0.1) is 5.92 Å². The Kier molecular flexibility index (Phi) is 8.03. The van der Waals surface area contributed by atoms with Gasteiger partial charge in [0.2, 0.25) is 0 Å². The molecule has 34 heavy (non-hydrogen) atoms. The molecule has 0 bridgehead atoms. The van der Waals surface area contributed by atoms with Gasteiger partial charge >= 0.3 is 11.9 Å². The molecular weight excluding hydrogens is 434 g/mol. The van der Waals surface area contributed by atoms with Gasteiger partial charge in [-0.2, -0.15) is 0 Å². The highest BCUT2D eigenvalue weighted by Gasteiger charge is 2.53. The Labute approximate surface area is 198 Å². The Morgan fingerprint density at radius 1 is 0.794 bits per heavy atom. The standard InChI is InChI=1S/C27H27NO6/c1-32-22-16-14-19(15-17-22)24(29)18-23(25(30)33-2)27(26(31)34-3,20-10-6-4-7-11-20)28-21-12-8-5-9-13-21/h4-17,23,28H,18H2,1-3H3/t23-,27+/m1/s1. The van der Waals surface area contributed by atoms with Crippen molar-refractivity contribution in [3.8, 4) is 5.75 Å². The fourth-order valence-corrected chi connectivity index (χ4v) is 3.92. The van der Waals surface area contributed by atoms with Crippen molar-refractivity contribution in [1.29, 1.82) is 0 Å². The van der Waals surface area contributed by atoms with Crippen LogP contribution in [0.2, 0.25) is 0 Å². The second kappa shape index (κ2) is 11.1. The molecule has 3 aromatic rings. The number of hydrogen-bond donors (Lipinski definition) is 1. The molecule has 7 nitrogen and oxygen atoms in total. The van der Waals surface area contributed by atoms with Crippen molar-refractivity contribution in [2.24, 2.45) is 5.92 Å². The second-order valence-corrected chi connectivity index (χ2v) is 7.59. The van der Waals surface area contributed by atoms with Crippen LogP contribution in [0.4, 0.5) is 5.69 Å². The van der Waals surface area contributed by atoms with Crippen LogP contribution in [-0.2, 0) is 24.6 Å². The average Bonchev–Trinajstić information content (AvgIpc) is 2.90. The Hall–Kier alpha value is -4.13. The molecular formula is C27H27NO6. The third kappa shape index (κ3) is 5.09. The number of ether oxygens (including phenoxy) is 3. The van der Waals surface area contributed by atoms with Crippen molar-refractivity contribution in [2.45, 2.75) is 12.0 Å². The molecule has 0 aliphatic heterocycles. The van der Waals surface area contributed by atoms with E-state index in [-0.39, 0.29) is 12.2 Å². The van der Waals surface area contributed by atoms with Gasteiger partial charge in [0.1, 0.15) is 11.7 Å². The van der Waals surface area contributed by atoms with Crippen molar-refractivity contribution >= 4 is 23.4 Å². The number of rotatable bonds is 10. The highest BCUT2D eigenvalue weighted by molar-refractivity contribution is 6.01. The van der Waals surface area contributed by atoms with E-state index in [1.165, 1.54) is 21.3 Å². The van der Waals surface area contributed by atoms with Gasteiger partial charge in [-0.1, -0.05) is 48.5 Å². The molecule has 0 fully saturated rings. The SMILES string of the molecule is COC(=O)[C@@H](CC(=O)c1ccc(OC)cc1)[C@](Nc1ccccc1)(C(=O)OC)c1ccccc1. The zero-order valence-corrected chi connectivity index (χ0v) is 19.3. The first kappa shape index (κ1) is 24.5. The van der Waals surface area contributed by atoms with E-state index in [1.807, 2.05) is 6.07 Å². The number of carbonyl (C=O) groups is 3. The highest BCUT2D eigenvalue weighted by Crippen LogP contribution is 2.39. The summed E-state index contributed by atoms with van der Waals surface area (Å²) < 4.78 is 15.4. The van der Waals surface area contributed by atoms with E-state index in [4.69, 9.17) is 14.2 Å². The lowest BCUT2D eigenvalue weighted by molar-refractivity contribution is -0.158. The normalized spacial score (nSPS) is 13.1. The summed E-state index contributed by atoms with van der Waals surface area (Å²) in [5, 5.41) is 3.20. The van der Waals surface area contributed by atoms with Crippen LogP contribution in [0.5, 0.6) is 5.75 Å². The molecule has 0 unspecified atom stereocenters. The van der Waals surface area contributed by atoms with E-state index in [0.29, 0.717) is 22.6 Å². The first-order chi connectivity index (χ1) is 16.5. The van der Waals surface area contributed by atoms with Crippen LogP contribution >= 0.6 is 0 Å². The van der Waals surface area contributed by atoms with Gasteiger partial charge in [0.05, 0.1) is 21.3 Å². The van der Waals surface area contributed by atoms with Gasteiger partial charge in [-0.05, 0) is 42.0 Å². The smallest absolute Gasteiger partial charge is 0.337 e. The molecule has 7 heteroatoms. The van der Waals surface area contributed by atoms with Gasteiger partial charge < -0.3 is 19.5 Å². The number of Topliss-reactive ketones (excluding diaryl/α,β-unsaturated/α-hetero) is 1. The fraction of sp³-hybridized carbons (Fsp3) is 0.222. The first-order valence-electron chi connectivity index (χ1n) is 10.7. The number of nitrogens with one attached hydrogen (secondary N) is 1. The molecule has 0 radical (unpaired) electrons. The van der Waals surface area contributed by atoms with Gasteiger partial charge in [0.15, 0.2) is 11.3 Å². The number of benzene rings is 3. The molecule has 0 aromatic heterocycles. The Balaban J connectivity index is 2.15. The summed E-state index contributed by atoms with van der Waals surface area (Å²) in [6, 6.07) is 24.2. The largest absolute Gasteiger partial charge is 0.497 e. The Bertz CT molecular complexity index is 1110. The molecule has 0 amide bonds. The summed E-state index contributed by atoms with van der Waals surface area (Å²) in [5.41, 5.74) is -0.320. The van der Waals surface area contributed by atoms with E-state index in [1.54, 1.807) is 78.9 Å². The van der Waals surface area contributed by atoms with E-state index < -0.39 is 23.4 Å². The molecule has 2 atom stereocenters. The summed E-state index contributed by atoms with van der Waals surface area (Å²) in [6.45, 7) is 0. The van der Waals surface area contributed by atoms with E-state index in [9.17, 15) is 14.4 Å². The third-order valence-corrected chi connectivity index (χ3v) is 5.66. The number of methoxy groups -OCH3 is 3. The summed E-state index contributed by atoms with van der Waals surface area (Å²) in [7, 11) is 4.00. The summed E-state index contributed by atoms with van der Waals surface area (Å²) >= 11 is 0. The predicted molar refractivity (Wildman–Crippen MR) is 128 cm³/mol. The molecule has 3 rings (SSSR count). The number of anilines is 1. The van der Waals surface area contributed by atoms with Crippen molar-refractivity contribution in [2.75, 3.05) is 26.6 Å². The van der Waals surface area contributed by atoms with Gasteiger partial charge in [0, 0.05) is 17.7 Å². The van der Waals surface area contributed by atoms with Crippen LogP contribution < -0.4 is 10.1 Å². The lowest BCUT2D eigenvalue weighted by Gasteiger charge is -2.38. The number of hydrogen-bond acceptors (Lipinski definition) is 7. The molecule has 176 valence electrons. The maximum absolute atomic E-state index is 13.5. The van der Waals surface area contributed by atoms with Crippen LogP contribution in [0.3, 0.4) is 0 Å². The second-order valence-electron chi connectivity index (χ2n) is 7.59. The zero-order chi connectivity index (χ0) is 24.6. The predicted octanol–water partition coefficient (Wildman–Crippen LogP) is 4.24. The summed E-state index contributed by atoms with van der Waals surface area (Å²) in [6.07, 6.45) is -0.303. The van der Waals surface area contributed by atoms with Crippen molar-refractivity contribution in [1.82, 2.24) is 0 Å². The minimum Gasteiger partial charge on any atom is -0.497 e. The van der Waals surface area contributed by atoms with Gasteiger partial charge in [0.25, 0.3) is 0 Å². The molecule has 0 aliphatic carbocycles. The Morgan fingerprint density at radius 2 is 1.38 bits per heavy atom. The highest BCUT2D eigenvalue weighted by atomic mass is 16.5. The molecule has 1 N–H and O–H groups in total. The van der Waals surface area contributed by atoms with Gasteiger partial charge in [-0.15, -0.1) is 0 Å². The fourth-order valence-electron chi connectivity index (χ4n) is 3.92. The maximum atomic E-state index is 13.5. The van der Waals surface area contributed by atoms with Crippen molar-refractivity contribution < 1.29 is 28.6 Å².